The number of amides is 1. The Morgan fingerprint density at radius 1 is 1.53 bits per heavy atom. The molecule has 17 heavy (non-hydrogen) atoms. The van der Waals surface area contributed by atoms with Crippen LogP contribution in [0.5, 0.6) is 0 Å². The molecule has 0 aliphatic heterocycles. The van der Waals surface area contributed by atoms with Crippen molar-refractivity contribution in [1.29, 1.82) is 0 Å². The number of nitrogens with zero attached hydrogens (tertiary/aromatic N) is 1. The summed E-state index contributed by atoms with van der Waals surface area (Å²) in [5.74, 6) is 0.688. The van der Waals surface area contributed by atoms with E-state index in [4.69, 9.17) is 5.73 Å². The monoisotopic (exact) mass is 247 g/mol. The van der Waals surface area contributed by atoms with E-state index in [9.17, 15) is 4.79 Å². The molecule has 3 N–H and O–H groups in total. The van der Waals surface area contributed by atoms with Crippen LogP contribution in [0.1, 0.15) is 23.2 Å². The summed E-state index contributed by atoms with van der Waals surface area (Å²) in [6, 6.07) is 5.49. The van der Waals surface area contributed by atoms with Crippen molar-refractivity contribution in [2.45, 2.75) is 12.8 Å². The zero-order chi connectivity index (χ0) is 11.8. The Morgan fingerprint density at radius 3 is 3.12 bits per heavy atom. The van der Waals surface area contributed by atoms with E-state index in [1.165, 1.54) is 24.2 Å². The van der Waals surface area contributed by atoms with Crippen molar-refractivity contribution in [2.24, 2.45) is 5.92 Å². The maximum Gasteiger partial charge on any atom is 0.251 e. The van der Waals surface area contributed by atoms with Gasteiger partial charge in [-0.25, -0.2) is 4.98 Å². The molecule has 1 aliphatic rings. The second-order valence-corrected chi connectivity index (χ2v) is 5.45. The molecule has 0 saturated heterocycles. The van der Waals surface area contributed by atoms with Crippen LogP contribution in [-0.4, -0.2) is 17.4 Å². The number of benzene rings is 1. The minimum absolute atomic E-state index is 0.00854. The Hall–Kier alpha value is -1.62. The molecule has 0 unspecified atom stereocenters. The molecule has 3 rings (SSSR count). The number of fused-ring (bicyclic) bond motifs is 1. The van der Waals surface area contributed by atoms with E-state index in [0.29, 0.717) is 16.6 Å². The molecule has 0 bridgehead atoms. The molecule has 1 amide bonds. The average Bonchev–Trinajstić information content (AvgIpc) is 3.06. The van der Waals surface area contributed by atoms with Crippen molar-refractivity contribution in [3.63, 3.8) is 0 Å². The second-order valence-electron chi connectivity index (χ2n) is 4.39. The van der Waals surface area contributed by atoms with Gasteiger partial charge in [0.1, 0.15) is 0 Å². The minimum Gasteiger partial charge on any atom is -0.375 e. The molecule has 1 aromatic carbocycles. The third-order valence-corrected chi connectivity index (χ3v) is 3.76. The van der Waals surface area contributed by atoms with E-state index in [1.54, 1.807) is 6.07 Å². The van der Waals surface area contributed by atoms with Gasteiger partial charge in [0.15, 0.2) is 5.13 Å². The summed E-state index contributed by atoms with van der Waals surface area (Å²) in [6.45, 7) is 0.793. The van der Waals surface area contributed by atoms with Crippen molar-refractivity contribution < 1.29 is 4.79 Å². The number of aromatic nitrogens is 1. The molecule has 0 spiro atoms. The number of anilines is 1. The first-order chi connectivity index (χ1) is 8.22. The largest absolute Gasteiger partial charge is 0.375 e. The Morgan fingerprint density at radius 2 is 2.35 bits per heavy atom. The first kappa shape index (κ1) is 10.5. The fourth-order valence-electron chi connectivity index (χ4n) is 1.74. The highest BCUT2D eigenvalue weighted by Crippen LogP contribution is 2.28. The normalized spacial score (nSPS) is 15.1. The summed E-state index contributed by atoms with van der Waals surface area (Å²) < 4.78 is 0.960. The Kier molecular flexibility index (Phi) is 2.48. The van der Waals surface area contributed by atoms with Crippen LogP contribution >= 0.6 is 11.3 Å². The van der Waals surface area contributed by atoms with E-state index >= 15 is 0 Å². The van der Waals surface area contributed by atoms with E-state index < -0.39 is 0 Å². The highest BCUT2D eigenvalue weighted by Gasteiger charge is 2.21. The summed E-state index contributed by atoms with van der Waals surface area (Å²) in [4.78, 5) is 16.0. The lowest BCUT2D eigenvalue weighted by molar-refractivity contribution is 0.0952. The summed E-state index contributed by atoms with van der Waals surface area (Å²) in [5.41, 5.74) is 7.17. The van der Waals surface area contributed by atoms with Gasteiger partial charge in [0.2, 0.25) is 0 Å². The number of hydrogen-bond acceptors (Lipinski definition) is 4. The van der Waals surface area contributed by atoms with Crippen molar-refractivity contribution in [3.05, 3.63) is 23.8 Å². The molecule has 1 heterocycles. The summed E-state index contributed by atoms with van der Waals surface area (Å²) in [7, 11) is 0. The zero-order valence-corrected chi connectivity index (χ0v) is 10.1. The fourth-order valence-corrected chi connectivity index (χ4v) is 2.52. The van der Waals surface area contributed by atoms with Crippen molar-refractivity contribution in [1.82, 2.24) is 10.3 Å². The number of carbonyl (C=O) groups excluding carboxylic acids is 1. The molecule has 4 nitrogen and oxygen atoms in total. The van der Waals surface area contributed by atoms with Crippen LogP contribution < -0.4 is 11.1 Å². The highest BCUT2D eigenvalue weighted by atomic mass is 32.1. The van der Waals surface area contributed by atoms with Crippen LogP contribution in [0.3, 0.4) is 0 Å². The first-order valence-electron chi connectivity index (χ1n) is 5.66. The van der Waals surface area contributed by atoms with Gasteiger partial charge < -0.3 is 11.1 Å². The minimum atomic E-state index is -0.00854. The van der Waals surface area contributed by atoms with Crippen molar-refractivity contribution in [3.8, 4) is 0 Å². The number of nitrogens with one attached hydrogen (secondary N) is 1. The Bertz CT molecular complexity index is 574. The topological polar surface area (TPSA) is 68.0 Å². The average molecular weight is 247 g/mol. The predicted molar refractivity (Wildman–Crippen MR) is 69.1 cm³/mol. The summed E-state index contributed by atoms with van der Waals surface area (Å²) >= 11 is 1.41. The second kappa shape index (κ2) is 4.00. The number of carbonyl (C=O) groups is 1. The predicted octanol–water partition coefficient (Wildman–Crippen LogP) is 2.02. The van der Waals surface area contributed by atoms with Crippen molar-refractivity contribution in [2.75, 3.05) is 12.3 Å². The van der Waals surface area contributed by atoms with Crippen LogP contribution in [0.15, 0.2) is 18.2 Å². The Labute approximate surface area is 103 Å². The summed E-state index contributed by atoms with van der Waals surface area (Å²) in [6.07, 6.45) is 2.48. The number of hydrogen-bond donors (Lipinski definition) is 2. The molecule has 88 valence electrons. The molecule has 2 aromatic rings. The maximum atomic E-state index is 11.9. The van der Waals surface area contributed by atoms with E-state index in [0.717, 1.165) is 16.8 Å². The third kappa shape index (κ3) is 2.24. The molecular formula is C12H13N3OS. The molecule has 5 heteroatoms. The molecule has 1 fully saturated rings. The summed E-state index contributed by atoms with van der Waals surface area (Å²) in [5, 5.41) is 3.48. The first-order valence-corrected chi connectivity index (χ1v) is 6.48. The van der Waals surface area contributed by atoms with Crippen LogP contribution in [0, 0.1) is 5.92 Å². The van der Waals surface area contributed by atoms with Crippen LogP contribution in [0.25, 0.3) is 10.2 Å². The third-order valence-electron chi connectivity index (χ3n) is 2.92. The lowest BCUT2D eigenvalue weighted by Gasteiger charge is -2.03. The van der Waals surface area contributed by atoms with Gasteiger partial charge in [0, 0.05) is 12.1 Å². The Balaban J connectivity index is 1.80. The van der Waals surface area contributed by atoms with E-state index in [1.807, 2.05) is 12.1 Å². The smallest absolute Gasteiger partial charge is 0.251 e. The van der Waals surface area contributed by atoms with Gasteiger partial charge in [-0.1, -0.05) is 11.3 Å². The van der Waals surface area contributed by atoms with Gasteiger partial charge in [0.05, 0.1) is 10.2 Å². The zero-order valence-electron chi connectivity index (χ0n) is 9.27. The molecule has 1 aromatic heterocycles. The van der Waals surface area contributed by atoms with Gasteiger partial charge in [-0.05, 0) is 37.0 Å². The van der Waals surface area contributed by atoms with Gasteiger partial charge in [0.25, 0.3) is 5.91 Å². The number of nitrogen functional groups attached to an aromatic ring is 1. The molecule has 0 atom stereocenters. The highest BCUT2D eigenvalue weighted by molar-refractivity contribution is 7.22. The van der Waals surface area contributed by atoms with Gasteiger partial charge in [-0.15, -0.1) is 0 Å². The van der Waals surface area contributed by atoms with E-state index in [-0.39, 0.29) is 5.91 Å². The molecular weight excluding hydrogens is 234 g/mol. The van der Waals surface area contributed by atoms with Gasteiger partial charge >= 0.3 is 0 Å². The van der Waals surface area contributed by atoms with Crippen LogP contribution in [-0.2, 0) is 0 Å². The van der Waals surface area contributed by atoms with Gasteiger partial charge in [-0.3, -0.25) is 4.79 Å². The van der Waals surface area contributed by atoms with Gasteiger partial charge in [-0.2, -0.15) is 0 Å². The maximum absolute atomic E-state index is 11.9. The van der Waals surface area contributed by atoms with Crippen molar-refractivity contribution >= 4 is 32.6 Å². The lowest BCUT2D eigenvalue weighted by Crippen LogP contribution is -2.25. The van der Waals surface area contributed by atoms with Crippen LogP contribution in [0.4, 0.5) is 5.13 Å². The quantitative estimate of drug-likeness (QED) is 0.872. The standard InChI is InChI=1S/C12H13N3OS/c13-12-15-9-4-3-8(5-10(9)17-12)11(16)14-6-7-1-2-7/h3-5,7H,1-2,6H2,(H2,13,15)(H,14,16). The SMILES string of the molecule is Nc1nc2ccc(C(=O)NCC3CC3)cc2s1. The number of thiazole rings is 1. The number of rotatable bonds is 3. The molecule has 1 saturated carbocycles. The van der Waals surface area contributed by atoms with Crippen LogP contribution in [0.2, 0.25) is 0 Å². The number of nitrogens with two attached hydrogens (primary N) is 1. The van der Waals surface area contributed by atoms with E-state index in [2.05, 4.69) is 10.3 Å². The molecule has 1 aliphatic carbocycles. The lowest BCUT2D eigenvalue weighted by atomic mass is 10.2. The molecule has 0 radical (unpaired) electrons. The fraction of sp³-hybridized carbons (Fsp3) is 0.333.